The molecule has 1 rings (SSSR count). The number of aliphatic carboxylic acids is 1. The third kappa shape index (κ3) is 2.59. The van der Waals surface area contributed by atoms with Gasteiger partial charge in [0.2, 0.25) is 0 Å². The first-order chi connectivity index (χ1) is 7.39. The topological polar surface area (TPSA) is 59.4 Å². The molecule has 0 bridgehead atoms. The molecule has 16 heavy (non-hydrogen) atoms. The van der Waals surface area contributed by atoms with E-state index in [1.54, 1.807) is 12.3 Å². The molecule has 0 spiro atoms. The van der Waals surface area contributed by atoms with Crippen molar-refractivity contribution < 1.29 is 14.6 Å². The quantitative estimate of drug-likeness (QED) is 0.863. The maximum Gasteiger partial charge on any atom is 0.333 e. The number of aromatic nitrogens is 1. The van der Waals surface area contributed by atoms with Crippen molar-refractivity contribution in [3.8, 4) is 0 Å². The number of carbonyl (C=O) groups is 1. The Hall–Kier alpha value is -0.940. The molecule has 1 N–H and O–H groups in total. The molecule has 1 unspecified atom stereocenters. The number of carboxylic acid groups (broad SMARTS) is 1. The van der Waals surface area contributed by atoms with Crippen molar-refractivity contribution in [2.75, 3.05) is 7.11 Å². The molecule has 0 saturated carbocycles. The number of carboxylic acids is 1. The van der Waals surface area contributed by atoms with Gasteiger partial charge in [0.1, 0.15) is 4.60 Å². The van der Waals surface area contributed by atoms with Crippen LogP contribution in [0.2, 0.25) is 0 Å². The monoisotopic (exact) mass is 287 g/mol. The van der Waals surface area contributed by atoms with Gasteiger partial charge in [0, 0.05) is 18.7 Å². The fraction of sp³-hybridized carbons (Fsp3) is 0.455. The highest BCUT2D eigenvalue weighted by molar-refractivity contribution is 9.10. The Morgan fingerprint density at radius 3 is 2.56 bits per heavy atom. The van der Waals surface area contributed by atoms with Crippen molar-refractivity contribution in [3.63, 3.8) is 0 Å². The molecule has 1 heterocycles. The van der Waals surface area contributed by atoms with Crippen molar-refractivity contribution in [2.24, 2.45) is 0 Å². The SMILES string of the molecule is COC(C(=O)O)C(C)(C)c1ccc(Br)nc1. The Balaban J connectivity index is 3.08. The highest BCUT2D eigenvalue weighted by atomic mass is 79.9. The Bertz CT molecular complexity index is 375. The second-order valence-corrected chi connectivity index (χ2v) is 4.86. The molecule has 0 aliphatic carbocycles. The Morgan fingerprint density at radius 2 is 2.19 bits per heavy atom. The molecule has 88 valence electrons. The summed E-state index contributed by atoms with van der Waals surface area (Å²) in [6, 6.07) is 3.62. The van der Waals surface area contributed by atoms with Crippen molar-refractivity contribution >= 4 is 21.9 Å². The summed E-state index contributed by atoms with van der Waals surface area (Å²) in [4.78, 5) is 15.2. The second kappa shape index (κ2) is 4.93. The average Bonchev–Trinajstić information content (AvgIpc) is 2.18. The number of hydrogen-bond acceptors (Lipinski definition) is 3. The lowest BCUT2D eigenvalue weighted by molar-refractivity contribution is -0.152. The molecule has 1 aromatic heterocycles. The third-order valence-electron chi connectivity index (χ3n) is 2.59. The fourth-order valence-electron chi connectivity index (χ4n) is 1.61. The molecule has 1 atom stereocenters. The van der Waals surface area contributed by atoms with Crippen molar-refractivity contribution in [2.45, 2.75) is 25.4 Å². The van der Waals surface area contributed by atoms with Crippen LogP contribution >= 0.6 is 15.9 Å². The van der Waals surface area contributed by atoms with Crippen LogP contribution < -0.4 is 0 Å². The number of halogens is 1. The predicted octanol–water partition coefficient (Wildman–Crippen LogP) is 2.22. The second-order valence-electron chi connectivity index (χ2n) is 4.05. The Kier molecular flexibility index (Phi) is 4.04. The van der Waals surface area contributed by atoms with E-state index in [1.807, 2.05) is 19.9 Å². The first-order valence-electron chi connectivity index (χ1n) is 4.77. The predicted molar refractivity (Wildman–Crippen MR) is 63.4 cm³/mol. The number of hydrogen-bond donors (Lipinski definition) is 1. The molecule has 0 amide bonds. The molecule has 0 radical (unpaired) electrons. The summed E-state index contributed by atoms with van der Waals surface area (Å²) in [5, 5.41) is 9.07. The maximum absolute atomic E-state index is 11.1. The van der Waals surface area contributed by atoms with E-state index in [0.717, 1.165) is 10.2 Å². The van der Waals surface area contributed by atoms with Gasteiger partial charge in [-0.25, -0.2) is 9.78 Å². The van der Waals surface area contributed by atoms with E-state index in [4.69, 9.17) is 9.84 Å². The summed E-state index contributed by atoms with van der Waals surface area (Å²) in [7, 11) is 1.40. The van der Waals surface area contributed by atoms with E-state index in [9.17, 15) is 4.79 Å². The normalized spacial score (nSPS) is 13.5. The minimum Gasteiger partial charge on any atom is -0.479 e. The van der Waals surface area contributed by atoms with Gasteiger partial charge in [-0.05, 0) is 27.6 Å². The van der Waals surface area contributed by atoms with Crippen LogP contribution in [0.25, 0.3) is 0 Å². The summed E-state index contributed by atoms with van der Waals surface area (Å²) >= 11 is 3.24. The van der Waals surface area contributed by atoms with E-state index < -0.39 is 17.5 Å². The number of pyridine rings is 1. The molecule has 0 saturated heterocycles. The summed E-state index contributed by atoms with van der Waals surface area (Å²) < 4.78 is 5.74. The zero-order valence-corrected chi connectivity index (χ0v) is 11.0. The van der Waals surface area contributed by atoms with Crippen LogP contribution in [0.3, 0.4) is 0 Å². The third-order valence-corrected chi connectivity index (χ3v) is 3.06. The van der Waals surface area contributed by atoms with E-state index in [1.165, 1.54) is 7.11 Å². The van der Waals surface area contributed by atoms with E-state index >= 15 is 0 Å². The molecule has 0 aliphatic heterocycles. The average molecular weight is 288 g/mol. The van der Waals surface area contributed by atoms with Gasteiger partial charge in [-0.1, -0.05) is 19.9 Å². The van der Waals surface area contributed by atoms with Gasteiger partial charge in [0.15, 0.2) is 6.10 Å². The lowest BCUT2D eigenvalue weighted by Crippen LogP contribution is -2.41. The summed E-state index contributed by atoms with van der Waals surface area (Å²) in [5.74, 6) is -0.976. The molecule has 0 aliphatic rings. The van der Waals surface area contributed by atoms with Gasteiger partial charge < -0.3 is 9.84 Å². The minimum atomic E-state index is -0.976. The highest BCUT2D eigenvalue weighted by Crippen LogP contribution is 2.29. The smallest absolute Gasteiger partial charge is 0.333 e. The van der Waals surface area contributed by atoms with Crippen LogP contribution in [0.15, 0.2) is 22.9 Å². The van der Waals surface area contributed by atoms with E-state index in [2.05, 4.69) is 20.9 Å². The van der Waals surface area contributed by atoms with Crippen LogP contribution in [0.1, 0.15) is 19.4 Å². The summed E-state index contributed by atoms with van der Waals surface area (Å²) in [6.07, 6.45) is 0.759. The molecule has 5 heteroatoms. The Morgan fingerprint density at radius 1 is 1.56 bits per heavy atom. The van der Waals surface area contributed by atoms with Crippen LogP contribution in [-0.4, -0.2) is 29.3 Å². The standard InChI is InChI=1S/C11H14BrNO3/c1-11(2,9(16-3)10(14)15)7-4-5-8(12)13-6-7/h4-6,9H,1-3H3,(H,14,15). The molecular formula is C11H14BrNO3. The Labute approximate surface area is 103 Å². The van der Waals surface area contributed by atoms with Gasteiger partial charge in [0.25, 0.3) is 0 Å². The first-order valence-corrected chi connectivity index (χ1v) is 5.56. The van der Waals surface area contributed by atoms with Gasteiger partial charge in [-0.2, -0.15) is 0 Å². The zero-order chi connectivity index (χ0) is 12.3. The molecule has 1 aromatic rings. The van der Waals surface area contributed by atoms with Gasteiger partial charge in [-0.3, -0.25) is 0 Å². The zero-order valence-electron chi connectivity index (χ0n) is 9.40. The lowest BCUT2D eigenvalue weighted by atomic mass is 9.80. The van der Waals surface area contributed by atoms with Crippen LogP contribution in [-0.2, 0) is 14.9 Å². The number of nitrogens with zero attached hydrogens (tertiary/aromatic N) is 1. The van der Waals surface area contributed by atoms with Gasteiger partial charge in [-0.15, -0.1) is 0 Å². The minimum absolute atomic E-state index is 0.631. The summed E-state index contributed by atoms with van der Waals surface area (Å²) in [6.45, 7) is 3.64. The van der Waals surface area contributed by atoms with Crippen LogP contribution in [0.4, 0.5) is 0 Å². The van der Waals surface area contributed by atoms with Crippen molar-refractivity contribution in [3.05, 3.63) is 28.5 Å². The largest absolute Gasteiger partial charge is 0.479 e. The number of ether oxygens (including phenoxy) is 1. The van der Waals surface area contributed by atoms with Crippen LogP contribution in [0.5, 0.6) is 0 Å². The highest BCUT2D eigenvalue weighted by Gasteiger charge is 2.37. The summed E-state index contributed by atoms with van der Waals surface area (Å²) in [5.41, 5.74) is 0.193. The van der Waals surface area contributed by atoms with Crippen molar-refractivity contribution in [1.82, 2.24) is 4.98 Å². The first kappa shape index (κ1) is 13.1. The van der Waals surface area contributed by atoms with Gasteiger partial charge >= 0.3 is 5.97 Å². The molecule has 0 aromatic carbocycles. The van der Waals surface area contributed by atoms with Crippen molar-refractivity contribution in [1.29, 1.82) is 0 Å². The fourth-order valence-corrected chi connectivity index (χ4v) is 1.85. The molecule has 0 fully saturated rings. The van der Waals surface area contributed by atoms with Gasteiger partial charge in [0.05, 0.1) is 0 Å². The lowest BCUT2D eigenvalue weighted by Gasteiger charge is -2.30. The van der Waals surface area contributed by atoms with Crippen LogP contribution in [0, 0.1) is 0 Å². The number of methoxy groups -OCH3 is 1. The van der Waals surface area contributed by atoms with E-state index in [0.29, 0.717) is 0 Å². The maximum atomic E-state index is 11.1. The number of rotatable bonds is 4. The van der Waals surface area contributed by atoms with E-state index in [-0.39, 0.29) is 0 Å². The molecule has 4 nitrogen and oxygen atoms in total. The molecular weight excluding hydrogens is 274 g/mol.